The van der Waals surface area contributed by atoms with Crippen LogP contribution in [0.25, 0.3) is 0 Å². The van der Waals surface area contributed by atoms with Crippen LogP contribution >= 0.6 is 0 Å². The summed E-state index contributed by atoms with van der Waals surface area (Å²) in [6.07, 6.45) is 2.47. The van der Waals surface area contributed by atoms with Gasteiger partial charge in [-0.15, -0.1) is 0 Å². The molecule has 1 aromatic heterocycles. The average Bonchev–Trinajstić information content (AvgIpc) is 2.74. The lowest BCUT2D eigenvalue weighted by atomic mass is 10.1. The zero-order chi connectivity index (χ0) is 19.9. The van der Waals surface area contributed by atoms with Crippen molar-refractivity contribution in [3.8, 4) is 11.5 Å². The van der Waals surface area contributed by atoms with Crippen molar-refractivity contribution in [3.05, 3.63) is 71.9 Å². The largest absolute Gasteiger partial charge is 0.493 e. The zero-order valence-corrected chi connectivity index (χ0v) is 16.2. The number of anilines is 3. The van der Waals surface area contributed by atoms with Gasteiger partial charge >= 0.3 is 0 Å². The van der Waals surface area contributed by atoms with Crippen molar-refractivity contribution in [1.29, 1.82) is 0 Å². The number of aromatic nitrogens is 1. The van der Waals surface area contributed by atoms with Gasteiger partial charge in [0.1, 0.15) is 5.82 Å². The van der Waals surface area contributed by atoms with E-state index in [1.165, 1.54) is 5.56 Å². The van der Waals surface area contributed by atoms with E-state index >= 15 is 0 Å². The van der Waals surface area contributed by atoms with Crippen LogP contribution in [0, 0.1) is 0 Å². The molecule has 0 fully saturated rings. The molecule has 6 nitrogen and oxygen atoms in total. The Kier molecular flexibility index (Phi) is 6.11. The van der Waals surface area contributed by atoms with E-state index in [0.717, 1.165) is 12.1 Å². The van der Waals surface area contributed by atoms with Gasteiger partial charge in [0.15, 0.2) is 11.5 Å². The molecule has 0 aliphatic rings. The maximum Gasteiger partial charge on any atom is 0.257 e. The minimum Gasteiger partial charge on any atom is -0.493 e. The Balaban J connectivity index is 1.70. The number of hydrogen-bond donors (Lipinski definition) is 2. The lowest BCUT2D eigenvalue weighted by molar-refractivity contribution is 0.102. The average molecular weight is 377 g/mol. The fraction of sp³-hybridized carbons (Fsp3) is 0.182. The molecule has 3 rings (SSSR count). The van der Waals surface area contributed by atoms with Crippen molar-refractivity contribution in [1.82, 2.24) is 4.98 Å². The highest BCUT2D eigenvalue weighted by atomic mass is 16.5. The Bertz CT molecular complexity index is 955. The Morgan fingerprint density at radius 1 is 1.00 bits per heavy atom. The van der Waals surface area contributed by atoms with E-state index in [-0.39, 0.29) is 5.91 Å². The molecule has 1 heterocycles. The quantitative estimate of drug-likeness (QED) is 0.627. The number of nitrogens with one attached hydrogen (secondary N) is 2. The summed E-state index contributed by atoms with van der Waals surface area (Å²) in [7, 11) is 3.12. The van der Waals surface area contributed by atoms with Crippen LogP contribution in [0.5, 0.6) is 11.5 Å². The third-order valence-corrected chi connectivity index (χ3v) is 4.33. The molecule has 28 heavy (non-hydrogen) atoms. The van der Waals surface area contributed by atoms with Gasteiger partial charge in [0.2, 0.25) is 0 Å². The summed E-state index contributed by atoms with van der Waals surface area (Å²) < 4.78 is 10.5. The second-order valence-corrected chi connectivity index (χ2v) is 6.09. The maximum atomic E-state index is 12.5. The number of ether oxygens (including phenoxy) is 2. The number of methoxy groups -OCH3 is 2. The molecule has 2 N–H and O–H groups in total. The maximum absolute atomic E-state index is 12.5. The Hall–Kier alpha value is -3.54. The van der Waals surface area contributed by atoms with Crippen molar-refractivity contribution < 1.29 is 14.3 Å². The van der Waals surface area contributed by atoms with Gasteiger partial charge < -0.3 is 20.1 Å². The molecule has 0 aliphatic carbocycles. The number of rotatable bonds is 7. The first-order chi connectivity index (χ1) is 13.6. The standard InChI is InChI=1S/C22H23N3O3/c1-4-15-7-5-6-8-18(15)25-21-12-9-16(14-23-21)22(26)24-17-10-11-19(27-2)20(13-17)28-3/h5-14H,4H2,1-3H3,(H,23,25)(H,24,26). The summed E-state index contributed by atoms with van der Waals surface area (Å²) in [6, 6.07) is 16.8. The van der Waals surface area contributed by atoms with Crippen molar-refractivity contribution in [3.63, 3.8) is 0 Å². The van der Waals surface area contributed by atoms with Gasteiger partial charge in [-0.05, 0) is 42.3 Å². The van der Waals surface area contributed by atoms with Gasteiger partial charge in [0.25, 0.3) is 5.91 Å². The molecule has 0 atom stereocenters. The van der Waals surface area contributed by atoms with E-state index in [4.69, 9.17) is 9.47 Å². The van der Waals surface area contributed by atoms with Crippen LogP contribution in [0.4, 0.5) is 17.2 Å². The molecule has 6 heteroatoms. The highest BCUT2D eigenvalue weighted by molar-refractivity contribution is 6.04. The van der Waals surface area contributed by atoms with Crippen LogP contribution in [0.2, 0.25) is 0 Å². The molecule has 0 saturated carbocycles. The van der Waals surface area contributed by atoms with Gasteiger partial charge in [-0.1, -0.05) is 25.1 Å². The number of benzene rings is 2. The van der Waals surface area contributed by atoms with Gasteiger partial charge in [0, 0.05) is 23.6 Å². The number of pyridine rings is 1. The van der Waals surface area contributed by atoms with E-state index < -0.39 is 0 Å². The van der Waals surface area contributed by atoms with Crippen LogP contribution < -0.4 is 20.1 Å². The second-order valence-electron chi connectivity index (χ2n) is 6.09. The van der Waals surface area contributed by atoms with Crippen LogP contribution in [-0.2, 0) is 6.42 Å². The molecule has 0 bridgehead atoms. The number of carbonyl (C=O) groups excluding carboxylic acids is 1. The molecule has 2 aromatic carbocycles. The zero-order valence-electron chi connectivity index (χ0n) is 16.2. The molecule has 1 amide bonds. The van der Waals surface area contributed by atoms with Crippen molar-refractivity contribution in [2.24, 2.45) is 0 Å². The predicted molar refractivity (Wildman–Crippen MR) is 111 cm³/mol. The van der Waals surface area contributed by atoms with Gasteiger partial charge in [0.05, 0.1) is 19.8 Å². The number of nitrogens with zero attached hydrogens (tertiary/aromatic N) is 1. The molecule has 144 valence electrons. The normalized spacial score (nSPS) is 10.2. The van der Waals surface area contributed by atoms with Crippen LogP contribution in [-0.4, -0.2) is 25.1 Å². The van der Waals surface area contributed by atoms with Gasteiger partial charge in [-0.25, -0.2) is 4.98 Å². The summed E-state index contributed by atoms with van der Waals surface area (Å²) in [4.78, 5) is 16.9. The Morgan fingerprint density at radius 3 is 2.46 bits per heavy atom. The molecular formula is C22H23N3O3. The summed E-state index contributed by atoms with van der Waals surface area (Å²) in [5.41, 5.74) is 3.30. The van der Waals surface area contributed by atoms with Crippen molar-refractivity contribution >= 4 is 23.1 Å². The minimum absolute atomic E-state index is 0.250. The summed E-state index contributed by atoms with van der Waals surface area (Å²) >= 11 is 0. The number of carbonyl (C=O) groups is 1. The fourth-order valence-electron chi connectivity index (χ4n) is 2.81. The van der Waals surface area contributed by atoms with E-state index in [1.807, 2.05) is 18.2 Å². The first-order valence-electron chi connectivity index (χ1n) is 8.99. The summed E-state index contributed by atoms with van der Waals surface area (Å²) in [5.74, 6) is 1.58. The van der Waals surface area contributed by atoms with Crippen LogP contribution in [0.1, 0.15) is 22.8 Å². The summed E-state index contributed by atoms with van der Waals surface area (Å²) in [6.45, 7) is 2.11. The van der Waals surface area contributed by atoms with E-state index in [0.29, 0.717) is 28.6 Å². The highest BCUT2D eigenvalue weighted by Gasteiger charge is 2.10. The molecule has 0 aliphatic heterocycles. The highest BCUT2D eigenvalue weighted by Crippen LogP contribution is 2.30. The predicted octanol–water partition coefficient (Wildman–Crippen LogP) is 4.66. The summed E-state index contributed by atoms with van der Waals surface area (Å²) in [5, 5.41) is 6.13. The van der Waals surface area contributed by atoms with Gasteiger partial charge in [-0.2, -0.15) is 0 Å². The van der Waals surface area contributed by atoms with E-state index in [2.05, 4.69) is 28.6 Å². The SMILES string of the molecule is CCc1ccccc1Nc1ccc(C(=O)Nc2ccc(OC)c(OC)c2)cn1. The molecule has 0 saturated heterocycles. The lowest BCUT2D eigenvalue weighted by Crippen LogP contribution is -2.12. The van der Waals surface area contributed by atoms with Crippen LogP contribution in [0.15, 0.2) is 60.8 Å². The second kappa shape index (κ2) is 8.90. The Labute approximate surface area is 164 Å². The first-order valence-corrected chi connectivity index (χ1v) is 8.99. The molecule has 0 spiro atoms. The van der Waals surface area contributed by atoms with E-state index in [9.17, 15) is 4.79 Å². The number of hydrogen-bond acceptors (Lipinski definition) is 5. The molecule has 3 aromatic rings. The third kappa shape index (κ3) is 4.40. The van der Waals surface area contributed by atoms with Crippen molar-refractivity contribution in [2.45, 2.75) is 13.3 Å². The fourth-order valence-corrected chi connectivity index (χ4v) is 2.81. The van der Waals surface area contributed by atoms with E-state index in [1.54, 1.807) is 50.7 Å². The lowest BCUT2D eigenvalue weighted by Gasteiger charge is -2.12. The topological polar surface area (TPSA) is 72.5 Å². The smallest absolute Gasteiger partial charge is 0.257 e. The first kappa shape index (κ1) is 19.2. The third-order valence-electron chi connectivity index (χ3n) is 4.33. The minimum atomic E-state index is -0.250. The van der Waals surface area contributed by atoms with Gasteiger partial charge in [-0.3, -0.25) is 4.79 Å². The molecule has 0 radical (unpaired) electrons. The molecular weight excluding hydrogens is 354 g/mol. The monoisotopic (exact) mass is 377 g/mol. The number of aryl methyl sites for hydroxylation is 1. The molecule has 0 unspecified atom stereocenters. The number of para-hydroxylation sites is 1. The van der Waals surface area contributed by atoms with Crippen LogP contribution in [0.3, 0.4) is 0 Å². The number of amides is 1. The Morgan fingerprint density at radius 2 is 1.79 bits per heavy atom. The van der Waals surface area contributed by atoms with Crippen molar-refractivity contribution in [2.75, 3.05) is 24.9 Å².